The molecule has 0 amide bonds. The molecule has 2 aromatic rings. The summed E-state index contributed by atoms with van der Waals surface area (Å²) in [5, 5.41) is 0. The molecule has 4 nitrogen and oxygen atoms in total. The van der Waals surface area contributed by atoms with Gasteiger partial charge in [-0.25, -0.2) is 4.79 Å². The Morgan fingerprint density at radius 1 is 0.963 bits per heavy atom. The summed E-state index contributed by atoms with van der Waals surface area (Å²) in [6.07, 6.45) is 3.82. The minimum atomic E-state index is -0.315. The van der Waals surface area contributed by atoms with Crippen LogP contribution in [0.2, 0.25) is 0 Å². The molecule has 0 bridgehead atoms. The van der Waals surface area contributed by atoms with Crippen LogP contribution in [0.1, 0.15) is 32.6 Å². The Balaban J connectivity index is 1.78. The van der Waals surface area contributed by atoms with Gasteiger partial charge in [0.1, 0.15) is 11.5 Å². The highest BCUT2D eigenvalue weighted by molar-refractivity contribution is 5.86. The van der Waals surface area contributed by atoms with Gasteiger partial charge in [-0.05, 0) is 50.3 Å². The SMILES string of the molecule is C=C(C)C(=O)OCCCCCCOc1cc(OC)ccc1-c1ccccc1. The average molecular weight is 368 g/mol. The lowest BCUT2D eigenvalue weighted by atomic mass is 10.0. The van der Waals surface area contributed by atoms with E-state index in [2.05, 4.69) is 18.7 Å². The normalized spacial score (nSPS) is 10.3. The predicted molar refractivity (Wildman–Crippen MR) is 108 cm³/mol. The zero-order valence-electron chi connectivity index (χ0n) is 16.2. The molecule has 2 aromatic carbocycles. The van der Waals surface area contributed by atoms with Crippen molar-refractivity contribution in [2.45, 2.75) is 32.6 Å². The molecule has 27 heavy (non-hydrogen) atoms. The van der Waals surface area contributed by atoms with Crippen molar-refractivity contribution in [3.63, 3.8) is 0 Å². The van der Waals surface area contributed by atoms with Crippen molar-refractivity contribution in [1.82, 2.24) is 0 Å². The maximum absolute atomic E-state index is 11.3. The van der Waals surface area contributed by atoms with Gasteiger partial charge in [-0.1, -0.05) is 36.9 Å². The van der Waals surface area contributed by atoms with E-state index in [4.69, 9.17) is 14.2 Å². The van der Waals surface area contributed by atoms with Gasteiger partial charge < -0.3 is 14.2 Å². The maximum Gasteiger partial charge on any atom is 0.333 e. The molecule has 144 valence electrons. The smallest absolute Gasteiger partial charge is 0.333 e. The predicted octanol–water partition coefficient (Wildman–Crippen LogP) is 5.42. The Bertz CT molecular complexity index is 737. The van der Waals surface area contributed by atoms with Crippen LogP contribution >= 0.6 is 0 Å². The van der Waals surface area contributed by atoms with Gasteiger partial charge in [0.05, 0.1) is 20.3 Å². The molecule has 0 aliphatic carbocycles. The van der Waals surface area contributed by atoms with Gasteiger partial charge in [-0.15, -0.1) is 0 Å². The van der Waals surface area contributed by atoms with Crippen LogP contribution in [0.15, 0.2) is 60.7 Å². The lowest BCUT2D eigenvalue weighted by molar-refractivity contribution is -0.139. The molecule has 2 rings (SSSR count). The Labute approximate surface area is 161 Å². The van der Waals surface area contributed by atoms with E-state index < -0.39 is 0 Å². The molecule has 0 aliphatic heterocycles. The second-order valence-electron chi connectivity index (χ2n) is 6.41. The van der Waals surface area contributed by atoms with Gasteiger partial charge in [0.2, 0.25) is 0 Å². The molecule has 0 heterocycles. The van der Waals surface area contributed by atoms with Gasteiger partial charge in [0.15, 0.2) is 0 Å². The van der Waals surface area contributed by atoms with Crippen LogP contribution in [0.4, 0.5) is 0 Å². The largest absolute Gasteiger partial charge is 0.497 e. The number of esters is 1. The van der Waals surface area contributed by atoms with E-state index in [1.165, 1.54) is 0 Å². The van der Waals surface area contributed by atoms with E-state index in [1.54, 1.807) is 14.0 Å². The fourth-order valence-corrected chi connectivity index (χ4v) is 2.63. The van der Waals surface area contributed by atoms with Crippen molar-refractivity contribution in [3.05, 3.63) is 60.7 Å². The second-order valence-corrected chi connectivity index (χ2v) is 6.41. The molecule has 0 aliphatic rings. The third-order valence-electron chi connectivity index (χ3n) is 4.15. The molecule has 0 radical (unpaired) electrons. The number of carbonyl (C=O) groups excluding carboxylic acids is 1. The first kappa shape index (κ1) is 20.6. The summed E-state index contributed by atoms with van der Waals surface area (Å²) >= 11 is 0. The molecule has 0 unspecified atom stereocenters. The number of carbonyl (C=O) groups is 1. The van der Waals surface area contributed by atoms with Crippen molar-refractivity contribution in [2.24, 2.45) is 0 Å². The van der Waals surface area contributed by atoms with Gasteiger partial charge >= 0.3 is 5.97 Å². The van der Waals surface area contributed by atoms with Gasteiger partial charge in [-0.2, -0.15) is 0 Å². The molecule has 0 atom stereocenters. The van der Waals surface area contributed by atoms with Crippen molar-refractivity contribution < 1.29 is 19.0 Å². The Kier molecular flexibility index (Phi) is 8.43. The number of methoxy groups -OCH3 is 1. The summed E-state index contributed by atoms with van der Waals surface area (Å²) in [6.45, 7) is 6.30. The Morgan fingerprint density at radius 3 is 2.33 bits per heavy atom. The van der Waals surface area contributed by atoms with Crippen LogP contribution in [-0.2, 0) is 9.53 Å². The van der Waals surface area contributed by atoms with Gasteiger partial charge in [-0.3, -0.25) is 0 Å². The van der Waals surface area contributed by atoms with Crippen LogP contribution in [0.5, 0.6) is 11.5 Å². The van der Waals surface area contributed by atoms with Crippen LogP contribution in [0.3, 0.4) is 0 Å². The molecule has 0 N–H and O–H groups in total. The van der Waals surface area contributed by atoms with Crippen LogP contribution in [0, 0.1) is 0 Å². The fraction of sp³-hybridized carbons (Fsp3) is 0.348. The van der Waals surface area contributed by atoms with Crippen LogP contribution in [-0.4, -0.2) is 26.3 Å². The van der Waals surface area contributed by atoms with Gasteiger partial charge in [0.25, 0.3) is 0 Å². The first-order valence-corrected chi connectivity index (χ1v) is 9.30. The van der Waals surface area contributed by atoms with Crippen LogP contribution < -0.4 is 9.47 Å². The topological polar surface area (TPSA) is 44.8 Å². The monoisotopic (exact) mass is 368 g/mol. The quantitative estimate of drug-likeness (QED) is 0.302. The minimum absolute atomic E-state index is 0.315. The first-order valence-electron chi connectivity index (χ1n) is 9.30. The highest BCUT2D eigenvalue weighted by Gasteiger charge is 2.08. The number of rotatable bonds is 11. The molecule has 0 fully saturated rings. The molecule has 0 aromatic heterocycles. The first-order chi connectivity index (χ1) is 13.1. The lowest BCUT2D eigenvalue weighted by Gasteiger charge is -2.13. The fourth-order valence-electron chi connectivity index (χ4n) is 2.63. The highest BCUT2D eigenvalue weighted by Crippen LogP contribution is 2.33. The van der Waals surface area contributed by atoms with E-state index in [0.717, 1.165) is 48.3 Å². The average Bonchev–Trinajstić information content (AvgIpc) is 2.70. The maximum atomic E-state index is 11.3. The van der Waals surface area contributed by atoms with E-state index in [-0.39, 0.29) is 5.97 Å². The summed E-state index contributed by atoms with van der Waals surface area (Å²) in [5.41, 5.74) is 2.62. The third kappa shape index (κ3) is 6.81. The summed E-state index contributed by atoms with van der Waals surface area (Å²) < 4.78 is 16.4. The number of hydrogen-bond acceptors (Lipinski definition) is 4. The van der Waals surface area contributed by atoms with Crippen molar-refractivity contribution in [1.29, 1.82) is 0 Å². The highest BCUT2D eigenvalue weighted by atomic mass is 16.5. The number of hydrogen-bond donors (Lipinski definition) is 0. The van der Waals surface area contributed by atoms with E-state index in [1.807, 2.05) is 36.4 Å². The zero-order valence-corrected chi connectivity index (χ0v) is 16.2. The van der Waals surface area contributed by atoms with Crippen molar-refractivity contribution in [2.75, 3.05) is 20.3 Å². The van der Waals surface area contributed by atoms with Crippen LogP contribution in [0.25, 0.3) is 11.1 Å². The molecule has 0 saturated heterocycles. The van der Waals surface area contributed by atoms with E-state index >= 15 is 0 Å². The zero-order chi connectivity index (χ0) is 19.5. The Hall–Kier alpha value is -2.75. The molecular weight excluding hydrogens is 340 g/mol. The summed E-state index contributed by atoms with van der Waals surface area (Å²) in [6, 6.07) is 16.1. The third-order valence-corrected chi connectivity index (χ3v) is 4.15. The standard InChI is InChI=1S/C23H28O4/c1-18(2)23(24)27-16-10-5-4-9-15-26-22-17-20(25-3)13-14-21(22)19-11-7-6-8-12-19/h6-8,11-14,17H,1,4-5,9-10,15-16H2,2-3H3. The van der Waals surface area contributed by atoms with E-state index in [0.29, 0.717) is 18.8 Å². The number of unbranched alkanes of at least 4 members (excludes halogenated alkanes) is 3. The number of benzene rings is 2. The molecule has 0 spiro atoms. The minimum Gasteiger partial charge on any atom is -0.497 e. The van der Waals surface area contributed by atoms with Gasteiger partial charge in [0, 0.05) is 17.2 Å². The summed E-state index contributed by atoms with van der Waals surface area (Å²) in [5.74, 6) is 1.30. The lowest BCUT2D eigenvalue weighted by Crippen LogP contribution is -2.06. The molecular formula is C23H28O4. The Morgan fingerprint density at radius 2 is 1.67 bits per heavy atom. The van der Waals surface area contributed by atoms with Crippen molar-refractivity contribution in [3.8, 4) is 22.6 Å². The molecule has 0 saturated carbocycles. The summed E-state index contributed by atoms with van der Waals surface area (Å²) in [4.78, 5) is 11.3. The summed E-state index contributed by atoms with van der Waals surface area (Å²) in [7, 11) is 1.65. The number of ether oxygens (including phenoxy) is 3. The molecule has 4 heteroatoms. The van der Waals surface area contributed by atoms with E-state index in [9.17, 15) is 4.79 Å². The van der Waals surface area contributed by atoms with Crippen molar-refractivity contribution >= 4 is 5.97 Å². The second kappa shape index (κ2) is 11.1.